The zero-order valence-corrected chi connectivity index (χ0v) is 13.5. The van der Waals surface area contributed by atoms with Gasteiger partial charge in [-0.2, -0.15) is 0 Å². The van der Waals surface area contributed by atoms with Gasteiger partial charge in [0.2, 0.25) is 5.91 Å². The van der Waals surface area contributed by atoms with E-state index in [9.17, 15) is 4.79 Å². The van der Waals surface area contributed by atoms with Gasteiger partial charge in [-0.25, -0.2) is 0 Å². The lowest BCUT2D eigenvalue weighted by molar-refractivity contribution is -0.126. The smallest absolute Gasteiger partial charge is 0.237 e. The summed E-state index contributed by atoms with van der Waals surface area (Å²) in [6, 6.07) is -0.0357. The summed E-state index contributed by atoms with van der Waals surface area (Å²) in [6.07, 6.45) is 4.05. The molecule has 1 atom stereocenters. The number of nitrogens with one attached hydrogen (secondary N) is 2. The van der Waals surface area contributed by atoms with Gasteiger partial charge < -0.3 is 10.6 Å². The van der Waals surface area contributed by atoms with Crippen LogP contribution in [0.3, 0.4) is 0 Å². The van der Waals surface area contributed by atoms with Crippen LogP contribution in [0.5, 0.6) is 0 Å². The van der Waals surface area contributed by atoms with Crippen molar-refractivity contribution in [1.82, 2.24) is 15.5 Å². The van der Waals surface area contributed by atoms with Crippen molar-refractivity contribution in [3.05, 3.63) is 12.7 Å². The minimum atomic E-state index is -0.0357. The molecular formula is C16H31N3O. The molecule has 1 amide bonds. The number of carbonyl (C=O) groups excluding carboxylic acids is 1. The average Bonchev–Trinajstić information content (AvgIpc) is 2.41. The summed E-state index contributed by atoms with van der Waals surface area (Å²) in [7, 11) is 0. The van der Waals surface area contributed by atoms with Crippen LogP contribution in [0.15, 0.2) is 12.7 Å². The highest BCUT2D eigenvalue weighted by molar-refractivity contribution is 5.81. The maximum absolute atomic E-state index is 11.9. The molecule has 0 bridgehead atoms. The number of carbonyl (C=O) groups is 1. The predicted octanol–water partition coefficient (Wildman–Crippen LogP) is 1.78. The Hall–Kier alpha value is -0.870. The first kappa shape index (κ1) is 17.2. The van der Waals surface area contributed by atoms with Gasteiger partial charge in [0.1, 0.15) is 0 Å². The largest absolute Gasteiger partial charge is 0.351 e. The zero-order chi connectivity index (χ0) is 15.2. The fourth-order valence-electron chi connectivity index (χ4n) is 2.48. The van der Waals surface area contributed by atoms with Crippen molar-refractivity contribution < 1.29 is 4.79 Å². The van der Waals surface area contributed by atoms with E-state index in [1.54, 1.807) is 6.08 Å². The Morgan fingerprint density at radius 2 is 2.00 bits per heavy atom. The Kier molecular flexibility index (Phi) is 6.69. The lowest BCUT2D eigenvalue weighted by Crippen LogP contribution is -2.49. The third-order valence-electron chi connectivity index (χ3n) is 3.92. The van der Waals surface area contributed by atoms with E-state index >= 15 is 0 Å². The highest BCUT2D eigenvalue weighted by Crippen LogP contribution is 2.19. The van der Waals surface area contributed by atoms with Crippen LogP contribution in [-0.2, 0) is 4.79 Å². The van der Waals surface area contributed by atoms with E-state index < -0.39 is 0 Å². The molecule has 1 aliphatic heterocycles. The van der Waals surface area contributed by atoms with Gasteiger partial charge in [-0.05, 0) is 66.1 Å². The topological polar surface area (TPSA) is 44.4 Å². The minimum Gasteiger partial charge on any atom is -0.351 e. The molecule has 1 rings (SSSR count). The normalized spacial score (nSPS) is 19.6. The second-order valence-electron chi connectivity index (χ2n) is 6.82. The van der Waals surface area contributed by atoms with Crippen molar-refractivity contribution in [2.24, 2.45) is 5.92 Å². The van der Waals surface area contributed by atoms with Gasteiger partial charge in [0.15, 0.2) is 0 Å². The summed E-state index contributed by atoms with van der Waals surface area (Å²) in [5.41, 5.74) is 0.189. The molecule has 0 spiro atoms. The molecule has 2 N–H and O–H groups in total. The molecule has 0 aromatic rings. The molecule has 1 heterocycles. The molecule has 1 unspecified atom stereocenters. The van der Waals surface area contributed by atoms with Crippen LogP contribution in [0.2, 0.25) is 0 Å². The number of piperidine rings is 1. The van der Waals surface area contributed by atoms with Crippen LogP contribution in [-0.4, -0.2) is 48.6 Å². The van der Waals surface area contributed by atoms with Gasteiger partial charge in [-0.15, -0.1) is 6.58 Å². The van der Waals surface area contributed by atoms with Gasteiger partial charge in [0.25, 0.3) is 0 Å². The maximum atomic E-state index is 11.9. The Morgan fingerprint density at radius 3 is 2.50 bits per heavy atom. The molecule has 4 heteroatoms. The molecule has 0 radical (unpaired) electrons. The number of amides is 1. The molecule has 0 aromatic carbocycles. The third-order valence-corrected chi connectivity index (χ3v) is 3.92. The molecule has 1 aliphatic rings. The molecule has 20 heavy (non-hydrogen) atoms. The summed E-state index contributed by atoms with van der Waals surface area (Å²) >= 11 is 0. The average molecular weight is 281 g/mol. The fourth-order valence-corrected chi connectivity index (χ4v) is 2.48. The van der Waals surface area contributed by atoms with E-state index in [-0.39, 0.29) is 17.5 Å². The van der Waals surface area contributed by atoms with Gasteiger partial charge in [0, 0.05) is 12.1 Å². The summed E-state index contributed by atoms with van der Waals surface area (Å²) in [5.74, 6) is 0.838. The van der Waals surface area contributed by atoms with Crippen LogP contribution in [0.1, 0.15) is 40.5 Å². The van der Waals surface area contributed by atoms with Crippen LogP contribution >= 0.6 is 0 Å². The summed E-state index contributed by atoms with van der Waals surface area (Å²) in [4.78, 5) is 14.2. The Bertz CT molecular complexity index is 314. The van der Waals surface area contributed by atoms with Crippen LogP contribution in [0.25, 0.3) is 0 Å². The van der Waals surface area contributed by atoms with Crippen LogP contribution in [0.4, 0.5) is 0 Å². The lowest BCUT2D eigenvalue weighted by atomic mass is 9.94. The van der Waals surface area contributed by atoms with E-state index in [1.165, 1.54) is 12.8 Å². The minimum absolute atomic E-state index is 0.0357. The molecule has 4 nitrogen and oxygen atoms in total. The summed E-state index contributed by atoms with van der Waals surface area (Å²) in [5, 5.41) is 6.45. The van der Waals surface area contributed by atoms with Crippen molar-refractivity contribution in [2.75, 3.05) is 26.2 Å². The Labute approximate surface area is 124 Å². The van der Waals surface area contributed by atoms with E-state index in [0.29, 0.717) is 6.54 Å². The summed E-state index contributed by atoms with van der Waals surface area (Å²) in [6.45, 7) is 15.9. The standard InChI is InChI=1S/C16H31N3O/c1-6-9-17-15(20)13(2)19-10-7-14(8-11-19)12-18-16(3,4)5/h6,13-14,18H,1,7-12H2,2-5H3,(H,17,20). The Morgan fingerprint density at radius 1 is 1.40 bits per heavy atom. The first-order valence-corrected chi connectivity index (χ1v) is 7.71. The number of likely N-dealkylation sites (tertiary alicyclic amines) is 1. The van der Waals surface area contributed by atoms with E-state index in [0.717, 1.165) is 25.6 Å². The predicted molar refractivity (Wildman–Crippen MR) is 84.7 cm³/mol. The van der Waals surface area contributed by atoms with Gasteiger partial charge in [0.05, 0.1) is 6.04 Å². The molecule has 116 valence electrons. The summed E-state index contributed by atoms with van der Waals surface area (Å²) < 4.78 is 0. The van der Waals surface area contributed by atoms with Gasteiger partial charge in [-0.1, -0.05) is 6.08 Å². The lowest BCUT2D eigenvalue weighted by Gasteiger charge is -2.36. The number of hydrogen-bond acceptors (Lipinski definition) is 3. The molecule has 1 saturated heterocycles. The number of rotatable bonds is 6. The molecule has 0 saturated carbocycles. The van der Waals surface area contributed by atoms with Crippen molar-refractivity contribution in [2.45, 2.75) is 52.1 Å². The Balaban J connectivity index is 2.30. The molecule has 0 aromatic heterocycles. The molecular weight excluding hydrogens is 250 g/mol. The highest BCUT2D eigenvalue weighted by atomic mass is 16.2. The van der Waals surface area contributed by atoms with Gasteiger partial charge in [-0.3, -0.25) is 9.69 Å². The van der Waals surface area contributed by atoms with E-state index in [1.807, 2.05) is 6.92 Å². The number of hydrogen-bond donors (Lipinski definition) is 2. The van der Waals surface area contributed by atoms with E-state index in [4.69, 9.17) is 0 Å². The quantitative estimate of drug-likeness (QED) is 0.729. The van der Waals surface area contributed by atoms with Crippen LogP contribution < -0.4 is 10.6 Å². The molecule has 0 aliphatic carbocycles. The second kappa shape index (κ2) is 7.79. The maximum Gasteiger partial charge on any atom is 0.237 e. The highest BCUT2D eigenvalue weighted by Gasteiger charge is 2.26. The van der Waals surface area contributed by atoms with Crippen molar-refractivity contribution in [3.8, 4) is 0 Å². The van der Waals surface area contributed by atoms with Crippen molar-refractivity contribution in [1.29, 1.82) is 0 Å². The molecule has 1 fully saturated rings. The van der Waals surface area contributed by atoms with E-state index in [2.05, 4.69) is 42.9 Å². The van der Waals surface area contributed by atoms with Crippen LogP contribution in [0, 0.1) is 5.92 Å². The van der Waals surface area contributed by atoms with Crippen molar-refractivity contribution in [3.63, 3.8) is 0 Å². The zero-order valence-electron chi connectivity index (χ0n) is 13.5. The third kappa shape index (κ3) is 6.06. The van der Waals surface area contributed by atoms with Crippen molar-refractivity contribution >= 4 is 5.91 Å². The first-order chi connectivity index (χ1) is 9.33. The second-order valence-corrected chi connectivity index (χ2v) is 6.82. The first-order valence-electron chi connectivity index (χ1n) is 7.71. The fraction of sp³-hybridized carbons (Fsp3) is 0.812. The number of nitrogens with zero attached hydrogens (tertiary/aromatic N) is 1. The SMILES string of the molecule is C=CCNC(=O)C(C)N1CCC(CNC(C)(C)C)CC1. The monoisotopic (exact) mass is 281 g/mol. The van der Waals surface area contributed by atoms with Gasteiger partial charge >= 0.3 is 0 Å².